The number of likely N-dealkylation sites (tertiary alicyclic amines) is 1. The molecule has 0 aliphatic carbocycles. The van der Waals surface area contributed by atoms with Gasteiger partial charge in [-0.15, -0.1) is 0 Å². The van der Waals surface area contributed by atoms with Gasteiger partial charge in [0.2, 0.25) is 0 Å². The van der Waals surface area contributed by atoms with Gasteiger partial charge < -0.3 is 10.2 Å². The van der Waals surface area contributed by atoms with Crippen molar-refractivity contribution in [1.29, 1.82) is 0 Å². The molecule has 5 heteroatoms. The molecule has 0 radical (unpaired) electrons. The van der Waals surface area contributed by atoms with Crippen LogP contribution in [0.4, 0.5) is 5.82 Å². The summed E-state index contributed by atoms with van der Waals surface area (Å²) in [4.78, 5) is 7.01. The van der Waals surface area contributed by atoms with Crippen molar-refractivity contribution in [3.63, 3.8) is 0 Å². The standard InChI is InChI=1S/C16H25N5/c1-13(2)14-12-15-16(18-7-11-21(15)19-14)17-6-10-20-8-4-3-5-9-20/h7,11-13H,3-6,8-10H2,1-2H3,(H,17,18). The monoisotopic (exact) mass is 287 g/mol. The Bertz CT molecular complexity index is 583. The Morgan fingerprint density at radius 3 is 2.81 bits per heavy atom. The number of hydrogen-bond donors (Lipinski definition) is 1. The Morgan fingerprint density at radius 2 is 2.05 bits per heavy atom. The van der Waals surface area contributed by atoms with E-state index < -0.39 is 0 Å². The van der Waals surface area contributed by atoms with E-state index in [1.807, 2.05) is 16.9 Å². The van der Waals surface area contributed by atoms with E-state index in [2.05, 4.69) is 40.2 Å². The number of piperidine rings is 1. The maximum atomic E-state index is 4.60. The highest BCUT2D eigenvalue weighted by molar-refractivity contribution is 5.67. The van der Waals surface area contributed by atoms with Crippen molar-refractivity contribution in [3.8, 4) is 0 Å². The van der Waals surface area contributed by atoms with Crippen LogP contribution in [0.2, 0.25) is 0 Å². The van der Waals surface area contributed by atoms with Gasteiger partial charge in [0, 0.05) is 25.5 Å². The maximum Gasteiger partial charge on any atom is 0.152 e. The van der Waals surface area contributed by atoms with Crippen molar-refractivity contribution < 1.29 is 0 Å². The van der Waals surface area contributed by atoms with E-state index in [9.17, 15) is 0 Å². The number of hydrogen-bond acceptors (Lipinski definition) is 4. The molecule has 21 heavy (non-hydrogen) atoms. The summed E-state index contributed by atoms with van der Waals surface area (Å²) in [6.07, 6.45) is 7.80. The molecule has 0 amide bonds. The maximum absolute atomic E-state index is 4.60. The van der Waals surface area contributed by atoms with Gasteiger partial charge in [0.25, 0.3) is 0 Å². The van der Waals surface area contributed by atoms with E-state index in [0.717, 1.165) is 30.1 Å². The normalized spacial score (nSPS) is 16.7. The van der Waals surface area contributed by atoms with Gasteiger partial charge in [0.05, 0.1) is 5.69 Å². The topological polar surface area (TPSA) is 45.5 Å². The Hall–Kier alpha value is -1.62. The van der Waals surface area contributed by atoms with Gasteiger partial charge in [-0.2, -0.15) is 5.10 Å². The first-order valence-electron chi connectivity index (χ1n) is 8.04. The summed E-state index contributed by atoms with van der Waals surface area (Å²) in [5.41, 5.74) is 2.18. The highest BCUT2D eigenvalue weighted by Crippen LogP contribution is 2.19. The van der Waals surface area contributed by atoms with Crippen molar-refractivity contribution in [2.24, 2.45) is 0 Å². The van der Waals surface area contributed by atoms with Crippen molar-refractivity contribution >= 4 is 11.3 Å². The lowest BCUT2D eigenvalue weighted by Crippen LogP contribution is -2.33. The summed E-state index contributed by atoms with van der Waals surface area (Å²) < 4.78 is 1.92. The van der Waals surface area contributed by atoms with Gasteiger partial charge in [0.15, 0.2) is 5.82 Å². The second-order valence-electron chi connectivity index (χ2n) is 6.16. The Balaban J connectivity index is 1.65. The summed E-state index contributed by atoms with van der Waals surface area (Å²) >= 11 is 0. The minimum absolute atomic E-state index is 0.436. The molecule has 0 saturated carbocycles. The molecule has 2 aromatic heterocycles. The third kappa shape index (κ3) is 3.35. The Kier molecular flexibility index (Phi) is 4.39. The van der Waals surface area contributed by atoms with Gasteiger partial charge >= 0.3 is 0 Å². The first-order valence-corrected chi connectivity index (χ1v) is 8.04. The van der Waals surface area contributed by atoms with Crippen LogP contribution < -0.4 is 5.32 Å². The summed E-state index contributed by atoms with van der Waals surface area (Å²) in [6, 6.07) is 2.14. The lowest BCUT2D eigenvalue weighted by Gasteiger charge is -2.26. The van der Waals surface area contributed by atoms with E-state index in [1.54, 1.807) is 0 Å². The molecule has 3 rings (SSSR count). The first-order chi connectivity index (χ1) is 10.2. The second kappa shape index (κ2) is 6.43. The lowest BCUT2D eigenvalue weighted by molar-refractivity contribution is 0.237. The molecule has 0 spiro atoms. The number of anilines is 1. The fraction of sp³-hybridized carbons (Fsp3) is 0.625. The third-order valence-electron chi connectivity index (χ3n) is 4.17. The molecule has 1 fully saturated rings. The van der Waals surface area contributed by atoms with E-state index in [4.69, 9.17) is 0 Å². The van der Waals surface area contributed by atoms with Crippen LogP contribution >= 0.6 is 0 Å². The van der Waals surface area contributed by atoms with Crippen LogP contribution in [-0.4, -0.2) is 45.7 Å². The summed E-state index contributed by atoms with van der Waals surface area (Å²) in [5, 5.41) is 8.07. The average Bonchev–Trinajstić information content (AvgIpc) is 2.94. The third-order valence-corrected chi connectivity index (χ3v) is 4.17. The predicted molar refractivity (Wildman–Crippen MR) is 85.9 cm³/mol. The molecule has 0 atom stereocenters. The van der Waals surface area contributed by atoms with E-state index in [-0.39, 0.29) is 0 Å². The number of nitrogens with zero attached hydrogens (tertiary/aromatic N) is 4. The van der Waals surface area contributed by atoms with Gasteiger partial charge in [-0.25, -0.2) is 9.50 Å². The minimum Gasteiger partial charge on any atom is -0.367 e. The number of nitrogens with one attached hydrogen (secondary N) is 1. The smallest absolute Gasteiger partial charge is 0.152 e. The average molecular weight is 287 g/mol. The van der Waals surface area contributed by atoms with Crippen LogP contribution in [0.5, 0.6) is 0 Å². The van der Waals surface area contributed by atoms with Crippen LogP contribution in [0.3, 0.4) is 0 Å². The van der Waals surface area contributed by atoms with Crippen molar-refractivity contribution in [3.05, 3.63) is 24.2 Å². The van der Waals surface area contributed by atoms with Crippen LogP contribution in [0.25, 0.3) is 5.52 Å². The summed E-state index contributed by atoms with van der Waals surface area (Å²) in [7, 11) is 0. The highest BCUT2D eigenvalue weighted by Gasteiger charge is 2.11. The molecule has 1 saturated heterocycles. The molecule has 0 unspecified atom stereocenters. The zero-order valence-corrected chi connectivity index (χ0v) is 13.0. The molecular weight excluding hydrogens is 262 g/mol. The largest absolute Gasteiger partial charge is 0.367 e. The fourth-order valence-electron chi connectivity index (χ4n) is 2.87. The predicted octanol–water partition coefficient (Wildman–Crippen LogP) is 2.75. The van der Waals surface area contributed by atoms with Gasteiger partial charge in [-0.05, 0) is 37.9 Å². The molecule has 0 aromatic carbocycles. The quantitative estimate of drug-likeness (QED) is 0.918. The summed E-state index contributed by atoms with van der Waals surface area (Å²) in [5.74, 6) is 1.38. The number of fused-ring (bicyclic) bond motifs is 1. The molecule has 0 bridgehead atoms. The minimum atomic E-state index is 0.436. The van der Waals surface area contributed by atoms with Crippen molar-refractivity contribution in [2.45, 2.75) is 39.0 Å². The number of rotatable bonds is 5. The van der Waals surface area contributed by atoms with Gasteiger partial charge in [-0.3, -0.25) is 0 Å². The zero-order chi connectivity index (χ0) is 14.7. The SMILES string of the molecule is CC(C)c1cc2c(NCCN3CCCCC3)nccn2n1. The number of aromatic nitrogens is 3. The van der Waals surface area contributed by atoms with E-state index in [1.165, 1.54) is 32.4 Å². The van der Waals surface area contributed by atoms with E-state index in [0.29, 0.717) is 5.92 Å². The van der Waals surface area contributed by atoms with Crippen molar-refractivity contribution in [1.82, 2.24) is 19.5 Å². The van der Waals surface area contributed by atoms with Crippen LogP contribution in [-0.2, 0) is 0 Å². The van der Waals surface area contributed by atoms with E-state index >= 15 is 0 Å². The van der Waals surface area contributed by atoms with Crippen LogP contribution in [0, 0.1) is 0 Å². The molecule has 114 valence electrons. The van der Waals surface area contributed by atoms with Crippen LogP contribution in [0.15, 0.2) is 18.5 Å². The Morgan fingerprint density at radius 1 is 1.24 bits per heavy atom. The van der Waals surface area contributed by atoms with Crippen LogP contribution in [0.1, 0.15) is 44.7 Å². The molecule has 1 aliphatic rings. The molecule has 1 N–H and O–H groups in total. The second-order valence-corrected chi connectivity index (χ2v) is 6.16. The van der Waals surface area contributed by atoms with Gasteiger partial charge in [0.1, 0.15) is 5.52 Å². The lowest BCUT2D eigenvalue weighted by atomic mass is 10.1. The molecule has 2 aromatic rings. The molecule has 1 aliphatic heterocycles. The fourth-order valence-corrected chi connectivity index (χ4v) is 2.87. The van der Waals surface area contributed by atoms with Gasteiger partial charge in [-0.1, -0.05) is 20.3 Å². The van der Waals surface area contributed by atoms with Crippen molar-refractivity contribution in [2.75, 3.05) is 31.5 Å². The molecule has 3 heterocycles. The highest BCUT2D eigenvalue weighted by atomic mass is 15.2. The first kappa shape index (κ1) is 14.3. The summed E-state index contributed by atoms with van der Waals surface area (Å²) in [6.45, 7) is 8.84. The Labute approximate surface area is 126 Å². The molecule has 5 nitrogen and oxygen atoms in total. The zero-order valence-electron chi connectivity index (χ0n) is 13.0. The molecular formula is C16H25N5.